The van der Waals surface area contributed by atoms with E-state index >= 15 is 0 Å². The number of rotatable bonds is 2. The Kier molecular flexibility index (Phi) is 3.97. The van der Waals surface area contributed by atoms with Crippen molar-refractivity contribution >= 4 is 5.96 Å². The highest BCUT2D eigenvalue weighted by molar-refractivity contribution is 5.78. The molecule has 1 saturated carbocycles. The van der Waals surface area contributed by atoms with Crippen LogP contribution >= 0.6 is 0 Å². The van der Waals surface area contributed by atoms with Gasteiger partial charge in [0.2, 0.25) is 0 Å². The fourth-order valence-corrected chi connectivity index (χ4v) is 1.86. The van der Waals surface area contributed by atoms with E-state index in [0.717, 1.165) is 19.3 Å². The van der Waals surface area contributed by atoms with Gasteiger partial charge in [0.05, 0.1) is 12.1 Å². The van der Waals surface area contributed by atoms with E-state index in [-0.39, 0.29) is 5.54 Å². The second kappa shape index (κ2) is 4.84. The molecular formula is C11H23N3O. The Morgan fingerprint density at radius 2 is 2.07 bits per heavy atom. The Labute approximate surface area is 92.3 Å². The van der Waals surface area contributed by atoms with E-state index in [1.807, 2.05) is 0 Å². The summed E-state index contributed by atoms with van der Waals surface area (Å²) in [4.78, 5) is 4.46. The van der Waals surface area contributed by atoms with Crippen molar-refractivity contribution in [2.45, 2.75) is 57.7 Å². The van der Waals surface area contributed by atoms with Gasteiger partial charge in [-0.1, -0.05) is 0 Å². The van der Waals surface area contributed by atoms with Gasteiger partial charge in [-0.15, -0.1) is 0 Å². The van der Waals surface area contributed by atoms with Gasteiger partial charge in [0.1, 0.15) is 0 Å². The molecule has 88 valence electrons. The number of methoxy groups -OCH3 is 1. The lowest BCUT2D eigenvalue weighted by atomic mass is 10.1. The van der Waals surface area contributed by atoms with Gasteiger partial charge in [-0.05, 0) is 40.0 Å². The lowest BCUT2D eigenvalue weighted by Gasteiger charge is -2.21. The van der Waals surface area contributed by atoms with Gasteiger partial charge in [0.25, 0.3) is 0 Å². The number of hydrogen-bond donors (Lipinski definition) is 2. The van der Waals surface area contributed by atoms with Gasteiger partial charge in [0.15, 0.2) is 5.96 Å². The Morgan fingerprint density at radius 3 is 2.53 bits per heavy atom. The number of guanidine groups is 1. The predicted molar refractivity (Wildman–Crippen MR) is 62.9 cm³/mol. The standard InChI is InChI=1S/C11H23N3O/c1-11(2,3)14-10(12)13-8-5-6-9(7-8)15-4/h8-9H,5-7H2,1-4H3,(H3,12,13,14). The first-order valence-electron chi connectivity index (χ1n) is 5.55. The van der Waals surface area contributed by atoms with Crippen molar-refractivity contribution in [3.05, 3.63) is 0 Å². The number of nitrogens with zero attached hydrogens (tertiary/aromatic N) is 1. The number of aliphatic imine (C=N–C) groups is 1. The minimum absolute atomic E-state index is 0.0210. The Morgan fingerprint density at radius 1 is 1.40 bits per heavy atom. The quantitative estimate of drug-likeness (QED) is 0.536. The summed E-state index contributed by atoms with van der Waals surface area (Å²) in [5.74, 6) is 0.546. The summed E-state index contributed by atoms with van der Waals surface area (Å²) in [6, 6.07) is 0.324. The topological polar surface area (TPSA) is 59.6 Å². The molecule has 0 spiro atoms. The summed E-state index contributed by atoms with van der Waals surface area (Å²) in [6.07, 6.45) is 3.52. The minimum Gasteiger partial charge on any atom is -0.381 e. The smallest absolute Gasteiger partial charge is 0.189 e. The molecule has 1 aliphatic rings. The third-order valence-electron chi connectivity index (χ3n) is 2.51. The molecule has 0 aromatic carbocycles. The van der Waals surface area contributed by atoms with Gasteiger partial charge in [-0.3, -0.25) is 4.99 Å². The van der Waals surface area contributed by atoms with Crippen LogP contribution in [-0.4, -0.2) is 30.8 Å². The van der Waals surface area contributed by atoms with Gasteiger partial charge in [0, 0.05) is 12.6 Å². The second-order valence-electron chi connectivity index (χ2n) is 5.21. The Balaban J connectivity index is 2.43. The lowest BCUT2D eigenvalue weighted by Crippen LogP contribution is -2.45. The van der Waals surface area contributed by atoms with Crippen LogP contribution in [0.2, 0.25) is 0 Å². The molecule has 0 aromatic rings. The average molecular weight is 213 g/mol. The van der Waals surface area contributed by atoms with E-state index < -0.39 is 0 Å². The van der Waals surface area contributed by atoms with Crippen LogP contribution in [0.4, 0.5) is 0 Å². The largest absolute Gasteiger partial charge is 0.381 e. The molecule has 0 amide bonds. The van der Waals surface area contributed by atoms with Gasteiger partial charge in [-0.25, -0.2) is 0 Å². The van der Waals surface area contributed by atoms with E-state index in [0.29, 0.717) is 18.1 Å². The summed E-state index contributed by atoms with van der Waals surface area (Å²) in [5.41, 5.74) is 5.80. The average Bonchev–Trinajstić information content (AvgIpc) is 2.48. The monoisotopic (exact) mass is 213 g/mol. The summed E-state index contributed by atoms with van der Waals surface area (Å²) in [5, 5.41) is 3.17. The summed E-state index contributed by atoms with van der Waals surface area (Å²) >= 11 is 0. The molecule has 1 rings (SSSR count). The maximum atomic E-state index is 5.82. The Hall–Kier alpha value is -0.770. The van der Waals surface area contributed by atoms with E-state index in [2.05, 4.69) is 31.1 Å². The van der Waals surface area contributed by atoms with E-state index in [9.17, 15) is 0 Å². The highest BCUT2D eigenvalue weighted by Gasteiger charge is 2.24. The summed E-state index contributed by atoms with van der Waals surface area (Å²) in [7, 11) is 1.76. The zero-order valence-electron chi connectivity index (χ0n) is 10.2. The highest BCUT2D eigenvalue weighted by atomic mass is 16.5. The van der Waals surface area contributed by atoms with Gasteiger partial charge >= 0.3 is 0 Å². The van der Waals surface area contributed by atoms with Gasteiger partial charge < -0.3 is 15.8 Å². The fraction of sp³-hybridized carbons (Fsp3) is 0.909. The first-order chi connectivity index (χ1) is 6.90. The molecule has 1 fully saturated rings. The van der Waals surface area contributed by atoms with Crippen LogP contribution in [-0.2, 0) is 4.74 Å². The molecule has 3 N–H and O–H groups in total. The van der Waals surface area contributed by atoms with E-state index in [1.165, 1.54) is 0 Å². The summed E-state index contributed by atoms with van der Waals surface area (Å²) < 4.78 is 5.29. The zero-order chi connectivity index (χ0) is 11.5. The van der Waals surface area contributed by atoms with Crippen molar-refractivity contribution in [2.75, 3.05) is 7.11 Å². The minimum atomic E-state index is -0.0210. The second-order valence-corrected chi connectivity index (χ2v) is 5.21. The fourth-order valence-electron chi connectivity index (χ4n) is 1.86. The molecule has 0 heterocycles. The lowest BCUT2D eigenvalue weighted by molar-refractivity contribution is 0.108. The van der Waals surface area contributed by atoms with Crippen LogP contribution in [0.15, 0.2) is 4.99 Å². The molecule has 15 heavy (non-hydrogen) atoms. The van der Waals surface area contributed by atoms with E-state index in [4.69, 9.17) is 10.5 Å². The van der Waals surface area contributed by atoms with Crippen LogP contribution in [0.3, 0.4) is 0 Å². The first kappa shape index (κ1) is 12.3. The molecule has 0 bridgehead atoms. The molecule has 1 aliphatic carbocycles. The number of hydrogen-bond acceptors (Lipinski definition) is 2. The van der Waals surface area contributed by atoms with Crippen molar-refractivity contribution in [1.29, 1.82) is 0 Å². The van der Waals surface area contributed by atoms with Crippen LogP contribution in [0.1, 0.15) is 40.0 Å². The van der Waals surface area contributed by atoms with Crippen molar-refractivity contribution in [3.8, 4) is 0 Å². The number of nitrogens with two attached hydrogens (primary N) is 1. The zero-order valence-corrected chi connectivity index (χ0v) is 10.2. The molecular weight excluding hydrogens is 190 g/mol. The van der Waals surface area contributed by atoms with Crippen LogP contribution < -0.4 is 11.1 Å². The van der Waals surface area contributed by atoms with Crippen molar-refractivity contribution in [1.82, 2.24) is 5.32 Å². The van der Waals surface area contributed by atoms with Crippen molar-refractivity contribution in [3.63, 3.8) is 0 Å². The van der Waals surface area contributed by atoms with Crippen LogP contribution in [0, 0.1) is 0 Å². The molecule has 0 aromatic heterocycles. The van der Waals surface area contributed by atoms with E-state index in [1.54, 1.807) is 7.11 Å². The van der Waals surface area contributed by atoms with Crippen LogP contribution in [0.5, 0.6) is 0 Å². The Bertz CT molecular complexity index is 232. The van der Waals surface area contributed by atoms with Crippen molar-refractivity contribution in [2.24, 2.45) is 10.7 Å². The predicted octanol–water partition coefficient (Wildman–Crippen LogP) is 1.26. The third kappa shape index (κ3) is 4.51. The number of ether oxygens (including phenoxy) is 1. The molecule has 0 radical (unpaired) electrons. The highest BCUT2D eigenvalue weighted by Crippen LogP contribution is 2.23. The SMILES string of the molecule is COC1CCC(N=C(N)NC(C)(C)C)C1. The maximum absolute atomic E-state index is 5.82. The molecule has 0 aliphatic heterocycles. The first-order valence-corrected chi connectivity index (χ1v) is 5.55. The third-order valence-corrected chi connectivity index (χ3v) is 2.51. The van der Waals surface area contributed by atoms with Crippen LogP contribution in [0.25, 0.3) is 0 Å². The van der Waals surface area contributed by atoms with Crippen molar-refractivity contribution < 1.29 is 4.74 Å². The molecule has 0 saturated heterocycles. The molecule has 4 heteroatoms. The molecule has 4 nitrogen and oxygen atoms in total. The summed E-state index contributed by atoms with van der Waals surface area (Å²) in [6.45, 7) is 6.21. The maximum Gasteiger partial charge on any atom is 0.189 e. The molecule has 2 unspecified atom stereocenters. The van der Waals surface area contributed by atoms with Gasteiger partial charge in [-0.2, -0.15) is 0 Å². The number of nitrogens with one attached hydrogen (secondary N) is 1. The molecule has 2 atom stereocenters. The normalized spacial score (nSPS) is 28.1.